The average molecular weight is 417 g/mol. The van der Waals surface area contributed by atoms with E-state index in [0.29, 0.717) is 22.0 Å². The number of nitrogens with zero attached hydrogens (tertiary/aromatic N) is 2. The van der Waals surface area contributed by atoms with E-state index in [1.807, 2.05) is 18.4 Å². The number of aromatic nitrogens is 2. The summed E-state index contributed by atoms with van der Waals surface area (Å²) in [6.45, 7) is -0.143. The molecule has 6 nitrogen and oxygen atoms in total. The van der Waals surface area contributed by atoms with E-state index in [9.17, 15) is 9.59 Å². The Labute approximate surface area is 171 Å². The fourth-order valence-electron chi connectivity index (χ4n) is 2.37. The first-order valence-electron chi connectivity index (χ1n) is 8.46. The van der Waals surface area contributed by atoms with Crippen LogP contribution in [-0.2, 0) is 16.1 Å². The molecule has 28 heavy (non-hydrogen) atoms. The van der Waals surface area contributed by atoms with E-state index < -0.39 is 5.97 Å². The number of halogens is 1. The van der Waals surface area contributed by atoms with Crippen LogP contribution >= 0.6 is 23.4 Å². The lowest BCUT2D eigenvalue weighted by Gasteiger charge is -2.03. The Kier molecular flexibility index (Phi) is 6.84. The summed E-state index contributed by atoms with van der Waals surface area (Å²) in [6, 6.07) is 14.2. The molecule has 3 rings (SSSR count). The van der Waals surface area contributed by atoms with Crippen LogP contribution < -0.4 is 0 Å². The molecule has 8 heteroatoms. The molecule has 0 N–H and O–H groups in total. The molecule has 0 fully saturated rings. The molecule has 0 bridgehead atoms. The quantitative estimate of drug-likeness (QED) is 0.296. The first-order chi connectivity index (χ1) is 13.5. The third-order valence-corrected chi connectivity index (χ3v) is 4.88. The van der Waals surface area contributed by atoms with Crippen LogP contribution in [0.4, 0.5) is 0 Å². The third-order valence-electron chi connectivity index (χ3n) is 3.88. The third kappa shape index (κ3) is 5.43. The van der Waals surface area contributed by atoms with Crippen LogP contribution in [0.2, 0.25) is 5.02 Å². The van der Waals surface area contributed by atoms with Gasteiger partial charge in [0.15, 0.2) is 12.4 Å². The number of rotatable bonds is 8. The molecule has 1 heterocycles. The van der Waals surface area contributed by atoms with E-state index >= 15 is 0 Å². The number of hydrogen-bond donors (Lipinski definition) is 0. The van der Waals surface area contributed by atoms with Gasteiger partial charge in [-0.05, 0) is 42.7 Å². The summed E-state index contributed by atoms with van der Waals surface area (Å²) >= 11 is 7.45. The summed E-state index contributed by atoms with van der Waals surface area (Å²) in [5, 5.41) is 8.37. The minimum absolute atomic E-state index is 0.0126. The van der Waals surface area contributed by atoms with Crippen molar-refractivity contribution in [3.05, 3.63) is 65.0 Å². The highest BCUT2D eigenvalue weighted by Crippen LogP contribution is 2.20. The van der Waals surface area contributed by atoms with Gasteiger partial charge in [-0.1, -0.05) is 23.7 Å². The summed E-state index contributed by atoms with van der Waals surface area (Å²) in [7, 11) is 0. The van der Waals surface area contributed by atoms with Crippen LogP contribution in [-0.4, -0.2) is 28.2 Å². The average Bonchev–Trinajstić information content (AvgIpc) is 3.20. The summed E-state index contributed by atoms with van der Waals surface area (Å²) in [5.41, 5.74) is 1.29. The van der Waals surface area contributed by atoms with Gasteiger partial charge in [-0.25, -0.2) is 0 Å². The van der Waals surface area contributed by atoms with Gasteiger partial charge in [-0.3, -0.25) is 9.59 Å². The number of thioether (sulfide) groups is 1. The minimum Gasteiger partial charge on any atom is -0.456 e. The maximum absolute atomic E-state index is 12.1. The van der Waals surface area contributed by atoms with Crippen molar-refractivity contribution >= 4 is 35.1 Å². The molecule has 0 aliphatic carbocycles. The highest BCUT2D eigenvalue weighted by Gasteiger charge is 2.13. The van der Waals surface area contributed by atoms with Crippen molar-refractivity contribution in [3.63, 3.8) is 0 Å². The van der Waals surface area contributed by atoms with Gasteiger partial charge in [-0.2, -0.15) is 0 Å². The topological polar surface area (TPSA) is 82.3 Å². The molecule has 1 aromatic heterocycles. The maximum atomic E-state index is 12.1. The Hall–Kier alpha value is -2.64. The standard InChI is InChI=1S/C20H17ClN2O4S/c1-28-16-8-4-13(5-9-16)17(24)10-11-19(25)26-12-18-22-23-20(27-18)14-2-6-15(21)7-3-14/h2-9H,10-12H2,1H3. The second-order valence-electron chi connectivity index (χ2n) is 5.82. The van der Waals surface area contributed by atoms with Crippen molar-refractivity contribution in [3.8, 4) is 11.5 Å². The second kappa shape index (κ2) is 9.52. The lowest BCUT2D eigenvalue weighted by molar-refractivity contribution is -0.145. The van der Waals surface area contributed by atoms with Crippen LogP contribution in [0.1, 0.15) is 29.1 Å². The van der Waals surface area contributed by atoms with Gasteiger partial charge in [0.05, 0.1) is 6.42 Å². The smallest absolute Gasteiger partial charge is 0.306 e. The number of hydrogen-bond acceptors (Lipinski definition) is 7. The molecule has 144 valence electrons. The number of ketones is 1. The molecule has 0 saturated carbocycles. The zero-order valence-corrected chi connectivity index (χ0v) is 16.6. The highest BCUT2D eigenvalue weighted by atomic mass is 35.5. The zero-order chi connectivity index (χ0) is 19.9. The van der Waals surface area contributed by atoms with Gasteiger partial charge < -0.3 is 9.15 Å². The molecule has 0 amide bonds. The molecular formula is C20H17ClN2O4S. The molecule has 2 aromatic carbocycles. The van der Waals surface area contributed by atoms with E-state index in [1.165, 1.54) is 0 Å². The van der Waals surface area contributed by atoms with E-state index in [4.69, 9.17) is 20.8 Å². The largest absolute Gasteiger partial charge is 0.456 e. The molecule has 0 aliphatic heterocycles. The van der Waals surface area contributed by atoms with Crippen molar-refractivity contribution in [2.75, 3.05) is 6.26 Å². The maximum Gasteiger partial charge on any atom is 0.306 e. The molecule has 3 aromatic rings. The first kappa shape index (κ1) is 20.1. The second-order valence-corrected chi connectivity index (χ2v) is 7.14. The molecular weight excluding hydrogens is 400 g/mol. The summed E-state index contributed by atoms with van der Waals surface area (Å²) < 4.78 is 10.6. The number of carbonyl (C=O) groups is 2. The van der Waals surface area contributed by atoms with E-state index in [-0.39, 0.29) is 31.1 Å². The lowest BCUT2D eigenvalue weighted by Crippen LogP contribution is -2.08. The zero-order valence-electron chi connectivity index (χ0n) is 15.1. The van der Waals surface area contributed by atoms with E-state index in [1.54, 1.807) is 48.2 Å². The molecule has 0 aliphatic rings. The Morgan fingerprint density at radius 1 is 1.04 bits per heavy atom. The predicted octanol–water partition coefficient (Wildman–Crippen LogP) is 4.82. The van der Waals surface area contributed by atoms with Crippen molar-refractivity contribution in [2.45, 2.75) is 24.3 Å². The monoisotopic (exact) mass is 416 g/mol. The van der Waals surface area contributed by atoms with Gasteiger partial charge in [0.2, 0.25) is 5.89 Å². The van der Waals surface area contributed by atoms with Crippen LogP contribution in [0, 0.1) is 0 Å². The number of ether oxygens (including phenoxy) is 1. The Morgan fingerprint density at radius 2 is 1.75 bits per heavy atom. The fraction of sp³-hybridized carbons (Fsp3) is 0.200. The van der Waals surface area contributed by atoms with Crippen molar-refractivity contribution < 1.29 is 18.7 Å². The molecule has 0 saturated heterocycles. The van der Waals surface area contributed by atoms with Gasteiger partial charge in [-0.15, -0.1) is 22.0 Å². The van der Waals surface area contributed by atoms with E-state index in [0.717, 1.165) is 4.90 Å². The van der Waals surface area contributed by atoms with Crippen LogP contribution in [0.3, 0.4) is 0 Å². The SMILES string of the molecule is CSc1ccc(C(=O)CCC(=O)OCc2nnc(-c3ccc(Cl)cc3)o2)cc1. The Morgan fingerprint density at radius 3 is 2.43 bits per heavy atom. The van der Waals surface area contributed by atoms with Gasteiger partial charge in [0.25, 0.3) is 5.89 Å². The van der Waals surface area contributed by atoms with Gasteiger partial charge in [0.1, 0.15) is 0 Å². The fourth-order valence-corrected chi connectivity index (χ4v) is 2.91. The minimum atomic E-state index is -0.500. The summed E-state index contributed by atoms with van der Waals surface area (Å²) in [6.07, 6.45) is 2.03. The van der Waals surface area contributed by atoms with Gasteiger partial charge in [0, 0.05) is 27.5 Å². The van der Waals surface area contributed by atoms with Crippen LogP contribution in [0.15, 0.2) is 57.8 Å². The molecule has 0 unspecified atom stereocenters. The van der Waals surface area contributed by atoms with Gasteiger partial charge >= 0.3 is 5.97 Å². The van der Waals surface area contributed by atoms with Crippen LogP contribution in [0.5, 0.6) is 0 Å². The van der Waals surface area contributed by atoms with E-state index in [2.05, 4.69) is 10.2 Å². The normalized spacial score (nSPS) is 10.6. The number of benzene rings is 2. The summed E-state index contributed by atoms with van der Waals surface area (Å²) in [4.78, 5) is 25.1. The lowest BCUT2D eigenvalue weighted by atomic mass is 10.1. The number of esters is 1. The molecule has 0 spiro atoms. The van der Waals surface area contributed by atoms with Crippen LogP contribution in [0.25, 0.3) is 11.5 Å². The first-order valence-corrected chi connectivity index (χ1v) is 10.1. The Bertz CT molecular complexity index is 955. The van der Waals surface area contributed by atoms with Crippen molar-refractivity contribution in [2.24, 2.45) is 0 Å². The number of Topliss-reactive ketones (excluding diaryl/α,β-unsaturated/α-hetero) is 1. The Balaban J connectivity index is 1.46. The highest BCUT2D eigenvalue weighted by molar-refractivity contribution is 7.98. The predicted molar refractivity (Wildman–Crippen MR) is 106 cm³/mol. The molecule has 0 radical (unpaired) electrons. The van der Waals surface area contributed by atoms with Crippen molar-refractivity contribution in [1.29, 1.82) is 0 Å². The molecule has 0 atom stereocenters. The van der Waals surface area contributed by atoms with Crippen molar-refractivity contribution in [1.82, 2.24) is 10.2 Å². The number of carbonyl (C=O) groups excluding carboxylic acids is 2. The summed E-state index contributed by atoms with van der Waals surface area (Å²) in [5.74, 6) is -0.114.